The van der Waals surface area contributed by atoms with Crippen LogP contribution in [0, 0.1) is 10.7 Å². The van der Waals surface area contributed by atoms with Crippen molar-refractivity contribution in [1.82, 2.24) is 5.32 Å². The van der Waals surface area contributed by atoms with Crippen molar-refractivity contribution in [3.63, 3.8) is 0 Å². The van der Waals surface area contributed by atoms with Gasteiger partial charge in [0.1, 0.15) is 6.61 Å². The molecule has 1 rings (SSSR count). The van der Waals surface area contributed by atoms with Crippen LogP contribution in [0.2, 0.25) is 0 Å². The van der Waals surface area contributed by atoms with Crippen molar-refractivity contribution >= 4 is 91.2 Å². The second-order valence-electron chi connectivity index (χ2n) is 5.00. The molecular weight excluding hydrogens is 689 g/mol. The molecule has 0 spiro atoms. The Bertz CT molecular complexity index is 742. The maximum absolute atomic E-state index is 12.5. The van der Waals surface area contributed by atoms with Crippen LogP contribution in [0.5, 0.6) is 0 Å². The van der Waals surface area contributed by atoms with Gasteiger partial charge in [-0.1, -0.05) is 0 Å². The van der Waals surface area contributed by atoms with E-state index in [4.69, 9.17) is 10.2 Å². The number of anilines is 1. The molecule has 0 aliphatic rings. The first-order valence-corrected chi connectivity index (χ1v) is 10.2. The Balaban J connectivity index is 3.60. The fourth-order valence-corrected chi connectivity index (χ4v) is 6.77. The van der Waals surface area contributed by atoms with Gasteiger partial charge in [0, 0.05) is 17.2 Å². The van der Waals surface area contributed by atoms with Gasteiger partial charge in [-0.15, -0.1) is 0 Å². The largest absolute Gasteiger partial charge is 0.478 e. The number of nitrogens with zero attached hydrogens (tertiary/aromatic N) is 1. The van der Waals surface area contributed by atoms with E-state index in [0.29, 0.717) is 3.57 Å². The molecule has 26 heavy (non-hydrogen) atoms. The molecule has 1 atom stereocenters. The zero-order chi connectivity index (χ0) is 20.2. The van der Waals surface area contributed by atoms with Gasteiger partial charge in [0.05, 0.1) is 36.7 Å². The van der Waals surface area contributed by atoms with Crippen LogP contribution in [-0.4, -0.2) is 71.1 Å². The Morgan fingerprint density at radius 1 is 1.08 bits per heavy atom. The van der Waals surface area contributed by atoms with Crippen molar-refractivity contribution in [2.45, 2.75) is 6.10 Å². The maximum atomic E-state index is 12.5. The van der Waals surface area contributed by atoms with Crippen molar-refractivity contribution in [3.8, 4) is 0 Å². The predicted molar refractivity (Wildman–Crippen MR) is 117 cm³/mol. The first kappa shape index (κ1) is 23.7. The minimum absolute atomic E-state index is 0.0294. The summed E-state index contributed by atoms with van der Waals surface area (Å²) in [7, 11) is 1.37. The number of aliphatic hydroxyl groups excluding tert-OH is 3. The van der Waals surface area contributed by atoms with Crippen LogP contribution in [-0.2, 0) is 4.79 Å². The van der Waals surface area contributed by atoms with Gasteiger partial charge in [-0.3, -0.25) is 9.59 Å². The van der Waals surface area contributed by atoms with Gasteiger partial charge in [-0.2, -0.15) is 0 Å². The Hall–Kier alpha value is -0.300. The summed E-state index contributed by atoms with van der Waals surface area (Å²) in [5, 5.41) is 39.3. The van der Waals surface area contributed by atoms with E-state index < -0.39 is 37.1 Å². The van der Waals surface area contributed by atoms with Gasteiger partial charge >= 0.3 is 5.97 Å². The van der Waals surface area contributed by atoms with E-state index in [9.17, 15) is 24.6 Å². The highest BCUT2D eigenvalue weighted by molar-refractivity contribution is 14.1. The molecule has 9 nitrogen and oxygen atoms in total. The Morgan fingerprint density at radius 2 is 1.62 bits per heavy atom. The van der Waals surface area contributed by atoms with Gasteiger partial charge in [0.15, 0.2) is 0 Å². The van der Waals surface area contributed by atoms with Crippen molar-refractivity contribution in [1.29, 1.82) is 0 Å². The summed E-state index contributed by atoms with van der Waals surface area (Å²) in [6.07, 6.45) is -1.16. The molecule has 12 heteroatoms. The van der Waals surface area contributed by atoms with E-state index in [1.54, 1.807) is 45.2 Å². The summed E-state index contributed by atoms with van der Waals surface area (Å²) in [4.78, 5) is 37.2. The highest BCUT2D eigenvalue weighted by Gasteiger charge is 2.30. The monoisotopic (exact) mass is 704 g/mol. The van der Waals surface area contributed by atoms with Crippen molar-refractivity contribution in [2.75, 3.05) is 31.7 Å². The zero-order valence-corrected chi connectivity index (χ0v) is 19.8. The van der Waals surface area contributed by atoms with E-state index >= 15 is 0 Å². The lowest BCUT2D eigenvalue weighted by atomic mass is 10.1. The number of aliphatic hydroxyl groups is 3. The molecule has 2 amide bonds. The molecule has 0 radical (unpaired) electrons. The quantitative estimate of drug-likeness (QED) is 0.256. The molecule has 0 saturated carbocycles. The summed E-state index contributed by atoms with van der Waals surface area (Å²) in [6.45, 7) is -1.54. The minimum Gasteiger partial charge on any atom is -0.478 e. The number of amides is 2. The summed E-state index contributed by atoms with van der Waals surface area (Å²) >= 11 is 5.35. The number of carbonyl (C=O) groups excluding carboxylic acids is 2. The molecule has 0 aliphatic carbocycles. The second-order valence-corrected chi connectivity index (χ2v) is 8.24. The summed E-state index contributed by atoms with van der Waals surface area (Å²) in [5.41, 5.74) is 0.0738. The number of carboxylic acids is 1. The number of aromatic carboxylic acids is 1. The number of hydrogen-bond acceptors (Lipinski definition) is 6. The molecule has 0 aromatic heterocycles. The van der Waals surface area contributed by atoms with E-state index in [1.165, 1.54) is 7.05 Å². The number of halogens is 3. The lowest BCUT2D eigenvalue weighted by Crippen LogP contribution is -2.36. The van der Waals surface area contributed by atoms with Crippen LogP contribution in [0.3, 0.4) is 0 Å². The van der Waals surface area contributed by atoms with E-state index in [2.05, 4.69) is 5.32 Å². The Morgan fingerprint density at radius 3 is 2.08 bits per heavy atom. The average Bonchev–Trinajstić information content (AvgIpc) is 2.57. The van der Waals surface area contributed by atoms with Gasteiger partial charge in [0.25, 0.3) is 11.8 Å². The van der Waals surface area contributed by atoms with E-state index in [-0.39, 0.29) is 30.5 Å². The molecule has 0 saturated heterocycles. The molecule has 144 valence electrons. The molecule has 0 fully saturated rings. The maximum Gasteiger partial charge on any atom is 0.337 e. The fourth-order valence-electron chi connectivity index (χ4n) is 1.93. The van der Waals surface area contributed by atoms with Crippen LogP contribution >= 0.6 is 67.8 Å². The van der Waals surface area contributed by atoms with Crippen molar-refractivity contribution in [2.24, 2.45) is 0 Å². The van der Waals surface area contributed by atoms with Crippen LogP contribution in [0.15, 0.2) is 0 Å². The minimum atomic E-state index is -1.27. The third-order valence-corrected chi connectivity index (χ3v) is 6.47. The van der Waals surface area contributed by atoms with E-state index in [1.807, 2.05) is 22.6 Å². The fraction of sp³-hybridized carbons (Fsp3) is 0.357. The standard InChI is InChI=1S/C14H15I3N2O7/c1-19(6(23)4-21)12-10(16)7(13(24)18-2-5(22)3-20)9(15)8(11(12)17)14(25)26/h5,20-22H,2-4H2,1H3,(H,18,24)(H,25,26). The van der Waals surface area contributed by atoms with Crippen LogP contribution in [0.25, 0.3) is 0 Å². The third kappa shape index (κ3) is 5.15. The van der Waals surface area contributed by atoms with Crippen LogP contribution in [0.4, 0.5) is 5.69 Å². The van der Waals surface area contributed by atoms with Gasteiger partial charge in [-0.25, -0.2) is 4.79 Å². The van der Waals surface area contributed by atoms with Crippen molar-refractivity contribution in [3.05, 3.63) is 21.8 Å². The SMILES string of the molecule is CN(C(=O)CO)c1c(I)c(C(=O)O)c(I)c(C(=O)NCC(O)CO)c1I. The summed E-state index contributed by atoms with van der Waals surface area (Å²) in [5.74, 6) is -2.59. The highest BCUT2D eigenvalue weighted by Crippen LogP contribution is 2.37. The molecule has 5 N–H and O–H groups in total. The molecule has 1 aromatic carbocycles. The molecule has 1 aromatic rings. The summed E-state index contributed by atoms with van der Waals surface area (Å²) < 4.78 is 0.746. The topological polar surface area (TPSA) is 147 Å². The van der Waals surface area contributed by atoms with Crippen LogP contribution in [0.1, 0.15) is 20.7 Å². The number of rotatable bonds is 7. The predicted octanol–water partition coefficient (Wildman–Crippen LogP) is 0.237. The number of likely N-dealkylation sites (N-methyl/N-ethyl adjacent to an activating group) is 1. The lowest BCUT2D eigenvalue weighted by molar-refractivity contribution is -0.121. The first-order chi connectivity index (χ1) is 12.1. The molecule has 0 bridgehead atoms. The number of nitrogens with one attached hydrogen (secondary N) is 1. The molecule has 0 heterocycles. The lowest BCUT2D eigenvalue weighted by Gasteiger charge is -2.24. The number of benzene rings is 1. The number of carbonyl (C=O) groups is 3. The summed E-state index contributed by atoms with van der Waals surface area (Å²) in [6, 6.07) is 0. The second kappa shape index (κ2) is 10.3. The van der Waals surface area contributed by atoms with Gasteiger partial charge in [-0.05, 0) is 67.8 Å². The zero-order valence-electron chi connectivity index (χ0n) is 13.3. The normalized spacial score (nSPS) is 11.8. The molecular formula is C14H15I3N2O7. The number of carboxylic acid groups (broad SMARTS) is 1. The number of hydrogen-bond donors (Lipinski definition) is 5. The third-order valence-electron chi connectivity index (χ3n) is 3.29. The van der Waals surface area contributed by atoms with E-state index in [0.717, 1.165) is 4.90 Å². The average molecular weight is 704 g/mol. The molecule has 0 aliphatic heterocycles. The van der Waals surface area contributed by atoms with Gasteiger partial charge < -0.3 is 30.6 Å². The Labute approximate surface area is 189 Å². The van der Waals surface area contributed by atoms with Gasteiger partial charge in [0.2, 0.25) is 0 Å². The van der Waals surface area contributed by atoms with Crippen LogP contribution < -0.4 is 10.2 Å². The smallest absolute Gasteiger partial charge is 0.337 e. The first-order valence-electron chi connectivity index (χ1n) is 6.96. The Kier molecular flexibility index (Phi) is 9.40. The van der Waals surface area contributed by atoms with Crippen molar-refractivity contribution < 1.29 is 34.8 Å². The molecule has 1 unspecified atom stereocenters. The highest BCUT2D eigenvalue weighted by atomic mass is 127.